The Labute approximate surface area is 258 Å². The van der Waals surface area contributed by atoms with E-state index in [1.807, 2.05) is 14.0 Å². The molecule has 3 aliphatic heterocycles. The molecule has 5 heterocycles. The van der Waals surface area contributed by atoms with Gasteiger partial charge < -0.3 is 25.0 Å². The van der Waals surface area contributed by atoms with Crippen LogP contribution in [0.1, 0.15) is 48.2 Å². The van der Waals surface area contributed by atoms with Crippen molar-refractivity contribution in [3.63, 3.8) is 0 Å². The summed E-state index contributed by atoms with van der Waals surface area (Å²) in [6.45, 7) is 8.94. The monoisotopic (exact) mass is 598 g/mol. The molecule has 4 aliphatic rings. The van der Waals surface area contributed by atoms with E-state index in [1.165, 1.54) is 12.8 Å². The standard InChI is InChI=1S/C33H42N8O3/c1-22-17-25-18-29(36-22)27-20-35-39(2)32(27)44-14-3-5-24(23-6-7-23)21-41-30-19-26(8-9-28(30)37-33(41)38-31(25)42)34-10-4-11-40-12-15-43-16-13-40/h8-9,17-20,23-24,34H,3-7,10-16,21H2,1-2H3,(H,37,38,42). The summed E-state index contributed by atoms with van der Waals surface area (Å²) in [4.78, 5) is 27.8. The topological polar surface area (TPSA) is 109 Å². The highest BCUT2D eigenvalue weighted by molar-refractivity contribution is 6.19. The number of morpholine rings is 1. The zero-order valence-electron chi connectivity index (χ0n) is 25.7. The molecule has 3 aromatic rings. The SMILES string of the molecule is Cc1cc2cc(n1)-c1cnn(C)c1OCCCC(C1CC1)CN1/C(=N/C2=O)Nc2ccc(NCCCN3CCOCC3)cc21. The molecule has 2 aromatic heterocycles. The van der Waals surface area contributed by atoms with Crippen LogP contribution in [0, 0.1) is 18.8 Å². The third-order valence-electron chi connectivity index (χ3n) is 9.11. The molecule has 2 N–H and O–H groups in total. The van der Waals surface area contributed by atoms with E-state index >= 15 is 0 Å². The van der Waals surface area contributed by atoms with Crippen LogP contribution in [-0.2, 0) is 11.8 Å². The molecule has 44 heavy (non-hydrogen) atoms. The Morgan fingerprint density at radius 1 is 1.07 bits per heavy atom. The normalized spacial score (nSPS) is 22.0. The van der Waals surface area contributed by atoms with Crippen molar-refractivity contribution in [2.24, 2.45) is 23.9 Å². The van der Waals surface area contributed by atoms with Crippen LogP contribution >= 0.6 is 0 Å². The van der Waals surface area contributed by atoms with Gasteiger partial charge in [0.15, 0.2) is 0 Å². The number of nitrogens with one attached hydrogen (secondary N) is 2. The zero-order valence-corrected chi connectivity index (χ0v) is 25.7. The first-order valence-corrected chi connectivity index (χ1v) is 16.0. The van der Waals surface area contributed by atoms with E-state index in [9.17, 15) is 4.79 Å². The quantitative estimate of drug-likeness (QED) is 0.395. The Balaban J connectivity index is 1.16. The molecular formula is C33H42N8O3. The van der Waals surface area contributed by atoms with Crippen molar-refractivity contribution in [3.05, 3.63) is 47.8 Å². The minimum Gasteiger partial charge on any atom is -0.477 e. The Kier molecular flexibility index (Phi) is 8.22. The average Bonchev–Trinajstić information content (AvgIpc) is 3.73. The molecule has 1 saturated heterocycles. The largest absolute Gasteiger partial charge is 0.477 e. The summed E-state index contributed by atoms with van der Waals surface area (Å²) < 4.78 is 13.5. The Hall–Kier alpha value is -3.96. The summed E-state index contributed by atoms with van der Waals surface area (Å²) in [5.41, 5.74) is 5.78. The second kappa shape index (κ2) is 12.6. The molecule has 1 aromatic carbocycles. The predicted octanol–water partition coefficient (Wildman–Crippen LogP) is 4.55. The van der Waals surface area contributed by atoms with Crippen LogP contribution in [-0.4, -0.2) is 84.1 Å². The molecule has 0 spiro atoms. The van der Waals surface area contributed by atoms with Crippen molar-refractivity contribution >= 4 is 28.9 Å². The van der Waals surface area contributed by atoms with Gasteiger partial charge in [-0.1, -0.05) is 0 Å². The fourth-order valence-corrected chi connectivity index (χ4v) is 6.56. The molecule has 11 heteroatoms. The van der Waals surface area contributed by atoms with Crippen LogP contribution in [0.15, 0.2) is 41.5 Å². The molecule has 2 fully saturated rings. The molecule has 7 rings (SSSR count). The molecule has 0 radical (unpaired) electrons. The van der Waals surface area contributed by atoms with Crippen LogP contribution in [0.2, 0.25) is 0 Å². The van der Waals surface area contributed by atoms with Crippen molar-refractivity contribution in [2.75, 3.05) is 68.1 Å². The Morgan fingerprint density at radius 2 is 1.93 bits per heavy atom. The summed E-state index contributed by atoms with van der Waals surface area (Å²) in [6, 6.07) is 9.99. The molecule has 1 amide bonds. The molecule has 11 nitrogen and oxygen atoms in total. The number of hydrogen-bond donors (Lipinski definition) is 2. The van der Waals surface area contributed by atoms with E-state index in [0.717, 1.165) is 93.5 Å². The van der Waals surface area contributed by atoms with Gasteiger partial charge in [0.1, 0.15) is 0 Å². The number of guanidine groups is 1. The van der Waals surface area contributed by atoms with Crippen LogP contribution in [0.25, 0.3) is 11.3 Å². The van der Waals surface area contributed by atoms with Gasteiger partial charge in [-0.05, 0) is 87.7 Å². The number of anilines is 3. The van der Waals surface area contributed by atoms with Crippen LogP contribution in [0.5, 0.6) is 5.88 Å². The smallest absolute Gasteiger partial charge is 0.280 e. The molecular weight excluding hydrogens is 556 g/mol. The number of nitrogens with zero attached hydrogens (tertiary/aromatic N) is 6. The Bertz CT molecular complexity index is 1540. The number of hydrogen-bond acceptors (Lipinski definition) is 9. The van der Waals surface area contributed by atoms with Gasteiger partial charge in [-0.25, -0.2) is 4.68 Å². The number of benzene rings is 1. The minimum absolute atomic E-state index is 0.303. The lowest BCUT2D eigenvalue weighted by Gasteiger charge is -2.26. The Morgan fingerprint density at radius 3 is 2.77 bits per heavy atom. The first-order valence-electron chi connectivity index (χ1n) is 16.0. The summed E-state index contributed by atoms with van der Waals surface area (Å²) >= 11 is 0. The van der Waals surface area contributed by atoms with Gasteiger partial charge >= 0.3 is 0 Å². The second-order valence-electron chi connectivity index (χ2n) is 12.4. The van der Waals surface area contributed by atoms with Crippen molar-refractivity contribution in [2.45, 2.75) is 39.0 Å². The number of ether oxygens (including phenoxy) is 2. The number of amides is 1. The van der Waals surface area contributed by atoms with Gasteiger partial charge in [-0.2, -0.15) is 10.1 Å². The predicted molar refractivity (Wildman–Crippen MR) is 172 cm³/mol. The third kappa shape index (κ3) is 6.30. The maximum atomic E-state index is 13.7. The molecule has 232 valence electrons. The number of rotatable bonds is 6. The first kappa shape index (κ1) is 28.8. The van der Waals surface area contributed by atoms with E-state index in [2.05, 4.69) is 48.7 Å². The van der Waals surface area contributed by atoms with Crippen molar-refractivity contribution in [1.82, 2.24) is 19.7 Å². The molecule has 1 atom stereocenters. The molecule has 1 unspecified atom stereocenters. The van der Waals surface area contributed by atoms with E-state index in [-0.39, 0.29) is 5.91 Å². The van der Waals surface area contributed by atoms with Crippen molar-refractivity contribution in [1.29, 1.82) is 0 Å². The fourth-order valence-electron chi connectivity index (χ4n) is 6.56. The van der Waals surface area contributed by atoms with Gasteiger partial charge in [-0.15, -0.1) is 0 Å². The van der Waals surface area contributed by atoms with Crippen molar-refractivity contribution < 1.29 is 14.3 Å². The maximum Gasteiger partial charge on any atom is 0.280 e. The van der Waals surface area contributed by atoms with Crippen LogP contribution < -0.4 is 20.3 Å². The van der Waals surface area contributed by atoms with Gasteiger partial charge in [-0.3, -0.25) is 14.7 Å². The number of aromatic nitrogens is 3. The van der Waals surface area contributed by atoms with Gasteiger partial charge in [0.2, 0.25) is 11.8 Å². The summed E-state index contributed by atoms with van der Waals surface area (Å²) in [5.74, 6) is 2.11. The lowest BCUT2D eigenvalue weighted by atomic mass is 9.97. The lowest BCUT2D eigenvalue weighted by molar-refractivity contribution is 0.0378. The average molecular weight is 599 g/mol. The summed E-state index contributed by atoms with van der Waals surface area (Å²) in [6.07, 6.45) is 7.29. The highest BCUT2D eigenvalue weighted by Crippen LogP contribution is 2.43. The number of carbonyl (C=O) groups excluding carboxylic acids is 1. The fraction of sp³-hybridized carbons (Fsp3) is 0.515. The summed E-state index contributed by atoms with van der Waals surface area (Å²) in [7, 11) is 1.87. The highest BCUT2D eigenvalue weighted by Gasteiger charge is 2.36. The summed E-state index contributed by atoms with van der Waals surface area (Å²) in [5, 5.41) is 11.5. The van der Waals surface area contributed by atoms with Crippen LogP contribution in [0.3, 0.4) is 0 Å². The number of aliphatic imine (C=N–C) groups is 1. The van der Waals surface area contributed by atoms with E-state index in [1.54, 1.807) is 23.0 Å². The van der Waals surface area contributed by atoms with Crippen molar-refractivity contribution in [3.8, 4) is 17.1 Å². The maximum absolute atomic E-state index is 13.7. The molecule has 2 bridgehead atoms. The minimum atomic E-state index is -0.303. The third-order valence-corrected chi connectivity index (χ3v) is 9.11. The first-order chi connectivity index (χ1) is 21.5. The van der Waals surface area contributed by atoms with Gasteiger partial charge in [0.25, 0.3) is 5.91 Å². The number of fused-ring (bicyclic) bond motifs is 7. The highest BCUT2D eigenvalue weighted by atomic mass is 16.5. The molecule has 1 saturated carbocycles. The van der Waals surface area contributed by atoms with Gasteiger partial charge in [0.05, 0.1) is 48.6 Å². The van der Waals surface area contributed by atoms with E-state index in [4.69, 9.17) is 14.5 Å². The zero-order chi connectivity index (χ0) is 30.0. The van der Waals surface area contributed by atoms with Crippen LogP contribution in [0.4, 0.5) is 17.1 Å². The van der Waals surface area contributed by atoms with Gasteiger partial charge in [0, 0.05) is 50.2 Å². The van der Waals surface area contributed by atoms with E-state index < -0.39 is 0 Å². The van der Waals surface area contributed by atoms with E-state index in [0.29, 0.717) is 41.5 Å². The second-order valence-corrected chi connectivity index (χ2v) is 12.4. The number of carbonyl (C=O) groups is 1. The lowest BCUT2D eigenvalue weighted by Crippen LogP contribution is -2.37. The number of pyridine rings is 1. The number of aryl methyl sites for hydroxylation is 2. The molecule has 1 aliphatic carbocycles.